The predicted molar refractivity (Wildman–Crippen MR) is 98.0 cm³/mol. The summed E-state index contributed by atoms with van der Waals surface area (Å²) in [5.74, 6) is -0.731. The zero-order chi connectivity index (χ0) is 18.1. The van der Waals surface area contributed by atoms with Crippen molar-refractivity contribution in [2.75, 3.05) is 7.11 Å². The summed E-state index contributed by atoms with van der Waals surface area (Å²) >= 11 is 0. The normalized spacial score (nSPS) is 15.7. The monoisotopic (exact) mass is 336 g/mol. The van der Waals surface area contributed by atoms with E-state index >= 15 is 0 Å². The Hall–Kier alpha value is -3.08. The summed E-state index contributed by atoms with van der Waals surface area (Å²) < 4.78 is 6.85. The van der Waals surface area contributed by atoms with Crippen LogP contribution in [0.25, 0.3) is 11.8 Å². The van der Waals surface area contributed by atoms with Gasteiger partial charge >= 0.3 is 5.97 Å². The molecule has 0 unspecified atom stereocenters. The van der Waals surface area contributed by atoms with E-state index in [1.807, 2.05) is 50.2 Å². The molecule has 0 amide bonds. The first kappa shape index (κ1) is 16.8. The van der Waals surface area contributed by atoms with Crippen LogP contribution < -0.4 is 0 Å². The van der Waals surface area contributed by atoms with E-state index < -0.39 is 5.97 Å². The molecule has 1 aromatic carbocycles. The first-order valence-electron chi connectivity index (χ1n) is 7.97. The van der Waals surface area contributed by atoms with Gasteiger partial charge in [0.1, 0.15) is 11.3 Å². The Balaban J connectivity index is 2.07. The third-order valence-electron chi connectivity index (χ3n) is 4.30. The second-order valence-corrected chi connectivity index (χ2v) is 5.94. The average molecular weight is 336 g/mol. The Labute approximate surface area is 146 Å². The van der Waals surface area contributed by atoms with Gasteiger partial charge in [-0.1, -0.05) is 18.2 Å². The van der Waals surface area contributed by atoms with Crippen LogP contribution in [0.2, 0.25) is 0 Å². The van der Waals surface area contributed by atoms with Crippen molar-refractivity contribution in [3.05, 3.63) is 70.4 Å². The van der Waals surface area contributed by atoms with E-state index in [1.54, 1.807) is 13.0 Å². The molecular weight excluding hydrogens is 316 g/mol. The largest absolute Gasteiger partial charge is 0.505 e. The van der Waals surface area contributed by atoms with E-state index in [4.69, 9.17) is 4.74 Å². The Morgan fingerprint density at radius 3 is 2.52 bits per heavy atom. The Morgan fingerprint density at radius 2 is 1.88 bits per heavy atom. The quantitative estimate of drug-likeness (QED) is 0.865. The number of para-hydroxylation sites is 1. The molecule has 2 heterocycles. The third kappa shape index (κ3) is 2.89. The molecule has 0 atom stereocenters. The fraction of sp³-hybridized carbons (Fsp3) is 0.200. The number of ether oxygens (including phenoxy) is 1. The van der Waals surface area contributed by atoms with Gasteiger partial charge in [0.15, 0.2) is 5.76 Å². The fourth-order valence-electron chi connectivity index (χ4n) is 3.09. The molecule has 0 spiro atoms. The van der Waals surface area contributed by atoms with Crippen LogP contribution in [-0.4, -0.2) is 28.5 Å². The molecule has 0 saturated heterocycles. The lowest BCUT2D eigenvalue weighted by Gasteiger charge is -2.09. The van der Waals surface area contributed by atoms with Crippen molar-refractivity contribution in [1.82, 2.24) is 4.57 Å². The van der Waals surface area contributed by atoms with Crippen molar-refractivity contribution in [2.24, 2.45) is 4.99 Å². The van der Waals surface area contributed by atoms with Crippen molar-refractivity contribution >= 4 is 17.8 Å². The SMILES string of the molecule is COC(=O)C1=C(O)/C(=C/c2cc(C)n(-c3ccccc3)c2C)N=C1C. The molecule has 25 heavy (non-hydrogen) atoms. The zero-order valence-corrected chi connectivity index (χ0v) is 14.7. The number of aliphatic hydroxyl groups is 1. The molecule has 128 valence electrons. The first-order valence-corrected chi connectivity index (χ1v) is 7.97. The smallest absolute Gasteiger partial charge is 0.343 e. The number of rotatable bonds is 3. The van der Waals surface area contributed by atoms with Gasteiger partial charge in [-0.15, -0.1) is 0 Å². The molecule has 0 aliphatic carbocycles. The van der Waals surface area contributed by atoms with Crippen LogP contribution in [0.3, 0.4) is 0 Å². The molecule has 5 heteroatoms. The molecule has 0 saturated carbocycles. The molecule has 5 nitrogen and oxygen atoms in total. The molecule has 3 rings (SSSR count). The van der Waals surface area contributed by atoms with Gasteiger partial charge < -0.3 is 14.4 Å². The topological polar surface area (TPSA) is 63.8 Å². The standard InChI is InChI=1S/C20H20N2O3/c1-12-10-15(14(3)22(12)16-8-6-5-7-9-16)11-17-19(23)18(13(2)21-17)20(24)25-4/h5-11,23H,1-4H3/b17-11-. The number of methoxy groups -OCH3 is 1. The number of esters is 1. The fourth-order valence-corrected chi connectivity index (χ4v) is 3.09. The number of aliphatic hydroxyl groups excluding tert-OH is 1. The summed E-state index contributed by atoms with van der Waals surface area (Å²) in [6.07, 6.45) is 1.79. The van der Waals surface area contributed by atoms with E-state index in [0.717, 1.165) is 22.6 Å². The van der Waals surface area contributed by atoms with Gasteiger partial charge in [-0.25, -0.2) is 9.79 Å². The van der Waals surface area contributed by atoms with Gasteiger partial charge in [-0.3, -0.25) is 0 Å². The van der Waals surface area contributed by atoms with Crippen LogP contribution in [0, 0.1) is 13.8 Å². The summed E-state index contributed by atoms with van der Waals surface area (Å²) in [4.78, 5) is 16.1. The van der Waals surface area contributed by atoms with Crippen molar-refractivity contribution < 1.29 is 14.6 Å². The highest BCUT2D eigenvalue weighted by Crippen LogP contribution is 2.29. The summed E-state index contributed by atoms with van der Waals surface area (Å²) in [5, 5.41) is 10.4. The summed E-state index contributed by atoms with van der Waals surface area (Å²) in [6, 6.07) is 12.1. The minimum absolute atomic E-state index is 0.116. The third-order valence-corrected chi connectivity index (χ3v) is 4.30. The Bertz CT molecular complexity index is 931. The lowest BCUT2D eigenvalue weighted by Crippen LogP contribution is -2.11. The van der Waals surface area contributed by atoms with Crippen molar-refractivity contribution in [3.8, 4) is 5.69 Å². The molecule has 0 bridgehead atoms. The van der Waals surface area contributed by atoms with Crippen LogP contribution in [-0.2, 0) is 9.53 Å². The lowest BCUT2D eigenvalue weighted by atomic mass is 10.1. The minimum Gasteiger partial charge on any atom is -0.505 e. The predicted octanol–water partition coefficient (Wildman–Crippen LogP) is 3.89. The number of carbonyl (C=O) groups is 1. The van der Waals surface area contributed by atoms with Gasteiger partial charge in [0.05, 0.1) is 12.8 Å². The molecule has 0 radical (unpaired) electrons. The number of hydrogen-bond donors (Lipinski definition) is 1. The molecule has 1 aliphatic rings. The summed E-state index contributed by atoms with van der Waals surface area (Å²) in [5.41, 5.74) is 5.05. The van der Waals surface area contributed by atoms with Crippen LogP contribution in [0.15, 0.2) is 58.4 Å². The molecule has 1 N–H and O–H groups in total. The molecule has 1 aromatic heterocycles. The molecule has 0 fully saturated rings. The first-order chi connectivity index (χ1) is 11.9. The molecule has 2 aromatic rings. The maximum atomic E-state index is 11.8. The van der Waals surface area contributed by atoms with E-state index in [2.05, 4.69) is 9.56 Å². The highest BCUT2D eigenvalue weighted by atomic mass is 16.5. The number of aliphatic imine (C=N–C) groups is 1. The lowest BCUT2D eigenvalue weighted by molar-refractivity contribution is -0.135. The van der Waals surface area contributed by atoms with Gasteiger partial charge in [-0.2, -0.15) is 0 Å². The number of aryl methyl sites for hydroxylation is 1. The Morgan fingerprint density at radius 1 is 1.20 bits per heavy atom. The van der Waals surface area contributed by atoms with Gasteiger partial charge in [0.2, 0.25) is 0 Å². The summed E-state index contributed by atoms with van der Waals surface area (Å²) in [6.45, 7) is 5.72. The van der Waals surface area contributed by atoms with E-state index in [9.17, 15) is 9.90 Å². The van der Waals surface area contributed by atoms with E-state index in [1.165, 1.54) is 7.11 Å². The van der Waals surface area contributed by atoms with Crippen LogP contribution >= 0.6 is 0 Å². The molecular formula is C20H20N2O3. The number of nitrogens with zero attached hydrogens (tertiary/aromatic N) is 2. The van der Waals surface area contributed by atoms with E-state index in [-0.39, 0.29) is 11.3 Å². The zero-order valence-electron chi connectivity index (χ0n) is 14.7. The van der Waals surface area contributed by atoms with Crippen LogP contribution in [0.1, 0.15) is 23.9 Å². The number of hydrogen-bond acceptors (Lipinski definition) is 4. The van der Waals surface area contributed by atoms with Crippen molar-refractivity contribution in [2.45, 2.75) is 20.8 Å². The maximum absolute atomic E-state index is 11.8. The highest BCUT2D eigenvalue weighted by molar-refractivity contribution is 6.22. The highest BCUT2D eigenvalue weighted by Gasteiger charge is 2.27. The van der Waals surface area contributed by atoms with E-state index in [0.29, 0.717) is 11.4 Å². The second-order valence-electron chi connectivity index (χ2n) is 5.94. The summed E-state index contributed by atoms with van der Waals surface area (Å²) in [7, 11) is 1.28. The van der Waals surface area contributed by atoms with Gasteiger partial charge in [0, 0.05) is 17.1 Å². The Kier molecular flexibility index (Phi) is 4.31. The maximum Gasteiger partial charge on any atom is 0.343 e. The van der Waals surface area contributed by atoms with Crippen LogP contribution in [0.5, 0.6) is 0 Å². The van der Waals surface area contributed by atoms with Crippen LogP contribution in [0.4, 0.5) is 0 Å². The van der Waals surface area contributed by atoms with Crippen molar-refractivity contribution in [3.63, 3.8) is 0 Å². The number of aromatic nitrogens is 1. The minimum atomic E-state index is -0.586. The second kappa shape index (κ2) is 6.43. The van der Waals surface area contributed by atoms with Gasteiger partial charge in [-0.05, 0) is 50.6 Å². The molecule has 1 aliphatic heterocycles. The average Bonchev–Trinajstić information content (AvgIpc) is 3.03. The number of benzene rings is 1. The number of carbonyl (C=O) groups excluding carboxylic acids is 1. The van der Waals surface area contributed by atoms with Crippen molar-refractivity contribution in [1.29, 1.82) is 0 Å². The van der Waals surface area contributed by atoms with Gasteiger partial charge in [0.25, 0.3) is 0 Å².